The number of benzene rings is 2. The Morgan fingerprint density at radius 1 is 1.21 bits per heavy atom. The zero-order valence-electron chi connectivity index (χ0n) is 15.0. The standard InChI is InChI=1S/C19H18BrClFN3O2S/c1-2-4-13-7-9-14(10-8-13)28(26,27)24-19-16(20)12-25(23-19)11-15-17(21)5-3-6-18(15)22/h3,5-10,12H,2,4,11H2,1H3,(H,23,24). The van der Waals surface area contributed by atoms with E-state index in [0.29, 0.717) is 4.47 Å². The van der Waals surface area contributed by atoms with E-state index in [2.05, 4.69) is 32.7 Å². The number of anilines is 1. The van der Waals surface area contributed by atoms with Gasteiger partial charge in [-0.15, -0.1) is 0 Å². The molecule has 3 aromatic rings. The molecule has 0 aliphatic rings. The summed E-state index contributed by atoms with van der Waals surface area (Å²) in [4.78, 5) is 0.144. The van der Waals surface area contributed by atoms with Gasteiger partial charge >= 0.3 is 0 Å². The summed E-state index contributed by atoms with van der Waals surface area (Å²) in [5.41, 5.74) is 1.36. The molecule has 0 aliphatic heterocycles. The molecule has 0 fully saturated rings. The summed E-state index contributed by atoms with van der Waals surface area (Å²) in [7, 11) is -3.80. The molecule has 0 atom stereocenters. The maximum Gasteiger partial charge on any atom is 0.263 e. The lowest BCUT2D eigenvalue weighted by Crippen LogP contribution is -2.14. The van der Waals surface area contributed by atoms with E-state index in [0.717, 1.165) is 18.4 Å². The normalized spacial score (nSPS) is 11.6. The van der Waals surface area contributed by atoms with Gasteiger partial charge in [-0.05, 0) is 52.2 Å². The van der Waals surface area contributed by atoms with Crippen molar-refractivity contribution in [3.05, 3.63) is 75.1 Å². The van der Waals surface area contributed by atoms with Gasteiger partial charge in [0.25, 0.3) is 10.0 Å². The van der Waals surface area contributed by atoms with Crippen LogP contribution in [0.5, 0.6) is 0 Å². The molecule has 0 bridgehead atoms. The van der Waals surface area contributed by atoms with Crippen LogP contribution in [0.4, 0.5) is 10.2 Å². The maximum atomic E-state index is 14.0. The van der Waals surface area contributed by atoms with Gasteiger partial charge in [0.1, 0.15) is 5.82 Å². The van der Waals surface area contributed by atoms with Crippen molar-refractivity contribution in [2.75, 3.05) is 4.72 Å². The Balaban J connectivity index is 1.81. The number of hydrogen-bond donors (Lipinski definition) is 1. The van der Waals surface area contributed by atoms with E-state index < -0.39 is 15.8 Å². The number of halogens is 3. The third kappa shape index (κ3) is 4.74. The summed E-state index contributed by atoms with van der Waals surface area (Å²) in [6.45, 7) is 2.13. The summed E-state index contributed by atoms with van der Waals surface area (Å²) in [5.74, 6) is -0.335. The number of hydrogen-bond acceptors (Lipinski definition) is 3. The second kappa shape index (κ2) is 8.63. The molecular weight excluding hydrogens is 469 g/mol. The highest BCUT2D eigenvalue weighted by atomic mass is 79.9. The number of aryl methyl sites for hydroxylation is 1. The number of nitrogens with zero attached hydrogens (tertiary/aromatic N) is 2. The van der Waals surface area contributed by atoms with Gasteiger partial charge in [0.15, 0.2) is 5.82 Å². The Bertz CT molecular complexity index is 1060. The van der Waals surface area contributed by atoms with E-state index in [9.17, 15) is 12.8 Å². The number of rotatable bonds is 7. The molecule has 1 aromatic heterocycles. The van der Waals surface area contributed by atoms with Crippen molar-refractivity contribution in [2.45, 2.75) is 31.2 Å². The van der Waals surface area contributed by atoms with Crippen molar-refractivity contribution in [1.82, 2.24) is 9.78 Å². The lowest BCUT2D eigenvalue weighted by Gasteiger charge is -2.08. The third-order valence-corrected chi connectivity index (χ3v) is 6.39. The summed E-state index contributed by atoms with van der Waals surface area (Å²) < 4.78 is 43.6. The first-order chi connectivity index (χ1) is 13.3. The highest BCUT2D eigenvalue weighted by molar-refractivity contribution is 9.10. The molecule has 5 nitrogen and oxygen atoms in total. The van der Waals surface area contributed by atoms with Crippen LogP contribution in [0.2, 0.25) is 5.02 Å². The fourth-order valence-corrected chi connectivity index (χ4v) is 4.49. The largest absolute Gasteiger partial charge is 0.265 e. The Kier molecular flexibility index (Phi) is 6.42. The monoisotopic (exact) mass is 485 g/mol. The Labute approximate surface area is 176 Å². The van der Waals surface area contributed by atoms with Crippen molar-refractivity contribution >= 4 is 43.4 Å². The predicted molar refractivity (Wildman–Crippen MR) is 112 cm³/mol. The summed E-state index contributed by atoms with van der Waals surface area (Å²) >= 11 is 9.33. The Hall–Kier alpha value is -1.90. The molecule has 9 heteroatoms. The molecular formula is C19H18BrClFN3O2S. The summed E-state index contributed by atoms with van der Waals surface area (Å²) in [5, 5.41) is 4.48. The lowest BCUT2D eigenvalue weighted by molar-refractivity contribution is 0.585. The van der Waals surface area contributed by atoms with Gasteiger partial charge < -0.3 is 0 Å². The van der Waals surface area contributed by atoms with Crippen LogP contribution in [0.1, 0.15) is 24.5 Å². The van der Waals surface area contributed by atoms with Crippen LogP contribution in [-0.2, 0) is 23.0 Å². The van der Waals surface area contributed by atoms with Gasteiger partial charge in [0.05, 0.1) is 15.9 Å². The molecule has 1 heterocycles. The van der Waals surface area contributed by atoms with Crippen molar-refractivity contribution in [3.63, 3.8) is 0 Å². The average molecular weight is 487 g/mol. The highest BCUT2D eigenvalue weighted by Crippen LogP contribution is 2.26. The fourth-order valence-electron chi connectivity index (χ4n) is 2.70. The second-order valence-corrected chi connectivity index (χ2v) is 9.17. The number of sulfonamides is 1. The van der Waals surface area contributed by atoms with E-state index in [1.165, 1.54) is 16.8 Å². The minimum absolute atomic E-state index is 0.0670. The SMILES string of the molecule is CCCc1ccc(S(=O)(=O)Nc2nn(Cc3c(F)cccc3Cl)cc2Br)cc1. The molecule has 28 heavy (non-hydrogen) atoms. The highest BCUT2D eigenvalue weighted by Gasteiger charge is 2.19. The second-order valence-electron chi connectivity index (χ2n) is 6.22. The zero-order valence-corrected chi connectivity index (χ0v) is 18.2. The van der Waals surface area contributed by atoms with Crippen molar-refractivity contribution < 1.29 is 12.8 Å². The van der Waals surface area contributed by atoms with Gasteiger partial charge in [0.2, 0.25) is 0 Å². The predicted octanol–water partition coefficient (Wildman–Crippen LogP) is 5.24. The molecule has 0 aliphatic carbocycles. The summed E-state index contributed by atoms with van der Waals surface area (Å²) in [6.07, 6.45) is 3.44. The van der Waals surface area contributed by atoms with Gasteiger partial charge in [0, 0.05) is 16.8 Å². The van der Waals surface area contributed by atoms with Crippen LogP contribution in [0.3, 0.4) is 0 Å². The number of nitrogens with one attached hydrogen (secondary N) is 1. The van der Waals surface area contributed by atoms with Gasteiger partial charge in [-0.1, -0.05) is 43.1 Å². The van der Waals surface area contributed by atoms with E-state index >= 15 is 0 Å². The lowest BCUT2D eigenvalue weighted by atomic mass is 10.1. The molecule has 0 amide bonds. The van der Waals surface area contributed by atoms with Crippen molar-refractivity contribution in [3.8, 4) is 0 Å². The average Bonchev–Trinajstić information content (AvgIpc) is 2.98. The topological polar surface area (TPSA) is 64.0 Å². The van der Waals surface area contributed by atoms with E-state index in [4.69, 9.17) is 11.6 Å². The first-order valence-electron chi connectivity index (χ1n) is 8.57. The van der Waals surface area contributed by atoms with Gasteiger partial charge in [-0.25, -0.2) is 12.8 Å². The number of aromatic nitrogens is 2. The van der Waals surface area contributed by atoms with Crippen molar-refractivity contribution in [1.29, 1.82) is 0 Å². The maximum absolute atomic E-state index is 14.0. The molecule has 2 aromatic carbocycles. The van der Waals surface area contributed by atoms with Crippen LogP contribution in [-0.4, -0.2) is 18.2 Å². The minimum atomic E-state index is -3.80. The van der Waals surface area contributed by atoms with E-state index in [1.807, 2.05) is 0 Å². The smallest absolute Gasteiger partial charge is 0.263 e. The fraction of sp³-hybridized carbons (Fsp3) is 0.211. The first-order valence-corrected chi connectivity index (χ1v) is 11.2. The summed E-state index contributed by atoms with van der Waals surface area (Å²) in [6, 6.07) is 11.1. The molecule has 0 unspecified atom stereocenters. The van der Waals surface area contributed by atoms with Crippen LogP contribution in [0.15, 0.2) is 58.0 Å². The van der Waals surface area contributed by atoms with Crippen LogP contribution >= 0.6 is 27.5 Å². The van der Waals surface area contributed by atoms with Gasteiger partial charge in [-0.3, -0.25) is 9.40 Å². The molecule has 3 rings (SSSR count). The Morgan fingerprint density at radius 2 is 1.93 bits per heavy atom. The van der Waals surface area contributed by atoms with Crippen molar-refractivity contribution in [2.24, 2.45) is 0 Å². The van der Waals surface area contributed by atoms with Crippen LogP contribution < -0.4 is 4.72 Å². The zero-order chi connectivity index (χ0) is 20.3. The quantitative estimate of drug-likeness (QED) is 0.497. The van der Waals surface area contributed by atoms with Crippen LogP contribution in [0.25, 0.3) is 0 Å². The molecule has 0 saturated carbocycles. The molecule has 148 valence electrons. The molecule has 0 radical (unpaired) electrons. The Morgan fingerprint density at radius 3 is 2.57 bits per heavy atom. The third-order valence-electron chi connectivity index (χ3n) is 4.10. The first kappa shape index (κ1) is 20.8. The van der Waals surface area contributed by atoms with E-state index in [1.54, 1.807) is 36.5 Å². The van der Waals surface area contributed by atoms with Crippen LogP contribution in [0, 0.1) is 5.82 Å². The van der Waals surface area contributed by atoms with E-state index in [-0.39, 0.29) is 27.8 Å². The molecule has 1 N–H and O–H groups in total. The molecule has 0 spiro atoms. The molecule has 0 saturated heterocycles. The minimum Gasteiger partial charge on any atom is -0.265 e. The van der Waals surface area contributed by atoms with Gasteiger partial charge in [-0.2, -0.15) is 5.10 Å².